The lowest BCUT2D eigenvalue weighted by Crippen LogP contribution is -2.30. The minimum atomic E-state index is 0.220. The van der Waals surface area contributed by atoms with Gasteiger partial charge in [0.1, 0.15) is 0 Å². The maximum Gasteiger partial charge on any atom is 0.0834 e. The van der Waals surface area contributed by atoms with E-state index in [9.17, 15) is 0 Å². The molecule has 0 bridgehead atoms. The van der Waals surface area contributed by atoms with Crippen molar-refractivity contribution in [3.8, 4) is 0 Å². The van der Waals surface area contributed by atoms with Gasteiger partial charge in [0.05, 0.1) is 29.1 Å². The standard InChI is InChI=1S/C13H22ClN3O/c1-3-15-12(8-10-6-4-5-7-18-10)13-11(14)9-16-17(13)2/h9-10,12,15H,3-8H2,1-2H3. The summed E-state index contributed by atoms with van der Waals surface area (Å²) in [6, 6.07) is 0.220. The van der Waals surface area contributed by atoms with Gasteiger partial charge in [0, 0.05) is 13.7 Å². The van der Waals surface area contributed by atoms with E-state index in [2.05, 4.69) is 17.3 Å². The molecule has 1 aliphatic heterocycles. The zero-order valence-electron chi connectivity index (χ0n) is 11.2. The van der Waals surface area contributed by atoms with Gasteiger partial charge in [-0.1, -0.05) is 18.5 Å². The minimum Gasteiger partial charge on any atom is -0.378 e. The van der Waals surface area contributed by atoms with Crippen LogP contribution >= 0.6 is 11.6 Å². The molecule has 1 aliphatic rings. The second-order valence-electron chi connectivity index (χ2n) is 4.84. The Kier molecular flexibility index (Phi) is 5.03. The van der Waals surface area contributed by atoms with Crippen LogP contribution in [0.15, 0.2) is 6.20 Å². The smallest absolute Gasteiger partial charge is 0.0834 e. The van der Waals surface area contributed by atoms with E-state index in [0.717, 1.165) is 36.7 Å². The Morgan fingerprint density at radius 1 is 1.61 bits per heavy atom. The van der Waals surface area contributed by atoms with Crippen LogP contribution < -0.4 is 5.32 Å². The summed E-state index contributed by atoms with van der Waals surface area (Å²) in [6.07, 6.45) is 6.62. The van der Waals surface area contributed by atoms with Crippen molar-refractivity contribution < 1.29 is 4.74 Å². The van der Waals surface area contributed by atoms with Crippen LogP contribution in [0.3, 0.4) is 0 Å². The Morgan fingerprint density at radius 2 is 2.44 bits per heavy atom. The van der Waals surface area contributed by atoms with Crippen molar-refractivity contribution in [2.75, 3.05) is 13.2 Å². The minimum absolute atomic E-state index is 0.220. The summed E-state index contributed by atoms with van der Waals surface area (Å²) < 4.78 is 7.68. The van der Waals surface area contributed by atoms with Crippen LogP contribution in [0.2, 0.25) is 5.02 Å². The number of ether oxygens (including phenoxy) is 1. The van der Waals surface area contributed by atoms with Gasteiger partial charge in [-0.05, 0) is 32.2 Å². The number of nitrogens with one attached hydrogen (secondary N) is 1. The van der Waals surface area contributed by atoms with Crippen molar-refractivity contribution in [2.24, 2.45) is 7.05 Å². The summed E-state index contributed by atoms with van der Waals surface area (Å²) in [5.41, 5.74) is 1.06. The van der Waals surface area contributed by atoms with Gasteiger partial charge in [-0.2, -0.15) is 5.10 Å². The summed E-state index contributed by atoms with van der Waals surface area (Å²) in [5.74, 6) is 0. The molecule has 2 heterocycles. The molecule has 0 radical (unpaired) electrons. The van der Waals surface area contributed by atoms with Gasteiger partial charge >= 0.3 is 0 Å². The van der Waals surface area contributed by atoms with Gasteiger partial charge in [0.25, 0.3) is 0 Å². The molecule has 2 unspecified atom stereocenters. The molecule has 2 rings (SSSR count). The van der Waals surface area contributed by atoms with Crippen molar-refractivity contribution in [2.45, 2.75) is 44.8 Å². The third-order valence-corrected chi connectivity index (χ3v) is 3.78. The van der Waals surface area contributed by atoms with Crippen molar-refractivity contribution >= 4 is 11.6 Å². The van der Waals surface area contributed by atoms with Crippen molar-refractivity contribution in [1.82, 2.24) is 15.1 Å². The van der Waals surface area contributed by atoms with E-state index in [0.29, 0.717) is 6.10 Å². The highest BCUT2D eigenvalue weighted by atomic mass is 35.5. The Hall–Kier alpha value is -0.580. The third kappa shape index (κ3) is 3.25. The van der Waals surface area contributed by atoms with Crippen LogP contribution in [-0.2, 0) is 11.8 Å². The number of hydrogen-bond acceptors (Lipinski definition) is 3. The third-order valence-electron chi connectivity index (χ3n) is 3.49. The molecular weight excluding hydrogens is 250 g/mol. The molecule has 0 aromatic carbocycles. The number of aryl methyl sites for hydroxylation is 1. The Morgan fingerprint density at radius 3 is 3.00 bits per heavy atom. The van der Waals surface area contributed by atoms with Gasteiger partial charge in [0.2, 0.25) is 0 Å². The van der Waals surface area contributed by atoms with Gasteiger partial charge in [0.15, 0.2) is 0 Å². The maximum absolute atomic E-state index is 6.23. The predicted molar refractivity (Wildman–Crippen MR) is 72.8 cm³/mol. The number of hydrogen-bond donors (Lipinski definition) is 1. The Balaban J connectivity index is 2.07. The zero-order chi connectivity index (χ0) is 13.0. The molecule has 18 heavy (non-hydrogen) atoms. The van der Waals surface area contributed by atoms with Crippen molar-refractivity contribution in [3.63, 3.8) is 0 Å². The topological polar surface area (TPSA) is 39.1 Å². The van der Waals surface area contributed by atoms with E-state index in [-0.39, 0.29) is 6.04 Å². The number of rotatable bonds is 5. The summed E-state index contributed by atoms with van der Waals surface area (Å²) >= 11 is 6.23. The monoisotopic (exact) mass is 271 g/mol. The molecule has 1 saturated heterocycles. The lowest BCUT2D eigenvalue weighted by atomic mass is 9.99. The molecule has 102 valence electrons. The first-order valence-corrected chi connectivity index (χ1v) is 7.12. The molecule has 2 atom stereocenters. The molecule has 1 N–H and O–H groups in total. The van der Waals surface area contributed by atoms with Crippen LogP contribution in [-0.4, -0.2) is 29.0 Å². The average Bonchev–Trinajstić information content (AvgIpc) is 2.70. The average molecular weight is 272 g/mol. The summed E-state index contributed by atoms with van der Waals surface area (Å²) in [6.45, 7) is 3.92. The normalized spacial score (nSPS) is 22.1. The molecule has 0 spiro atoms. The van der Waals surface area contributed by atoms with Crippen LogP contribution in [0.4, 0.5) is 0 Å². The first kappa shape index (κ1) is 13.8. The fourth-order valence-corrected chi connectivity index (χ4v) is 2.90. The van der Waals surface area contributed by atoms with E-state index in [4.69, 9.17) is 16.3 Å². The maximum atomic E-state index is 6.23. The fourth-order valence-electron chi connectivity index (χ4n) is 2.61. The van der Waals surface area contributed by atoms with Gasteiger partial charge in [-0.3, -0.25) is 4.68 Å². The molecule has 1 aromatic rings. The lowest BCUT2D eigenvalue weighted by Gasteiger charge is -2.27. The predicted octanol–water partition coefficient (Wildman–Crippen LogP) is 2.68. The largest absolute Gasteiger partial charge is 0.378 e. The number of nitrogens with zero attached hydrogens (tertiary/aromatic N) is 2. The van der Waals surface area contributed by atoms with E-state index in [1.807, 2.05) is 11.7 Å². The quantitative estimate of drug-likeness (QED) is 0.895. The second-order valence-corrected chi connectivity index (χ2v) is 5.24. The van der Waals surface area contributed by atoms with E-state index >= 15 is 0 Å². The van der Waals surface area contributed by atoms with E-state index in [1.54, 1.807) is 6.20 Å². The van der Waals surface area contributed by atoms with E-state index in [1.165, 1.54) is 12.8 Å². The SMILES string of the molecule is CCNC(CC1CCCCO1)c1c(Cl)cnn1C. The van der Waals surface area contributed by atoms with Crippen LogP contribution in [0, 0.1) is 0 Å². The first-order chi connectivity index (χ1) is 8.72. The first-order valence-electron chi connectivity index (χ1n) is 6.74. The van der Waals surface area contributed by atoms with Crippen molar-refractivity contribution in [1.29, 1.82) is 0 Å². The Bertz CT molecular complexity index is 355. The number of aromatic nitrogens is 2. The highest BCUT2D eigenvalue weighted by Crippen LogP contribution is 2.28. The zero-order valence-corrected chi connectivity index (χ0v) is 11.9. The molecule has 4 nitrogen and oxygen atoms in total. The molecular formula is C13H22ClN3O. The highest BCUT2D eigenvalue weighted by Gasteiger charge is 2.24. The summed E-state index contributed by atoms with van der Waals surface area (Å²) in [5, 5.41) is 8.44. The molecule has 1 fully saturated rings. The van der Waals surface area contributed by atoms with Gasteiger partial charge in [-0.25, -0.2) is 0 Å². The molecule has 1 aromatic heterocycles. The molecule has 0 aliphatic carbocycles. The number of halogens is 1. The van der Waals surface area contributed by atoms with Crippen LogP contribution in [0.25, 0.3) is 0 Å². The highest BCUT2D eigenvalue weighted by molar-refractivity contribution is 6.31. The Labute approximate surface area is 114 Å². The molecule has 0 saturated carbocycles. The van der Waals surface area contributed by atoms with Crippen LogP contribution in [0.1, 0.15) is 44.3 Å². The van der Waals surface area contributed by atoms with Crippen LogP contribution in [0.5, 0.6) is 0 Å². The van der Waals surface area contributed by atoms with E-state index < -0.39 is 0 Å². The lowest BCUT2D eigenvalue weighted by molar-refractivity contribution is 0.00468. The van der Waals surface area contributed by atoms with Gasteiger partial charge in [-0.15, -0.1) is 0 Å². The fraction of sp³-hybridized carbons (Fsp3) is 0.769. The molecule has 0 amide bonds. The van der Waals surface area contributed by atoms with Gasteiger partial charge < -0.3 is 10.1 Å². The summed E-state index contributed by atoms with van der Waals surface area (Å²) in [7, 11) is 1.94. The second kappa shape index (κ2) is 6.55. The van der Waals surface area contributed by atoms with Crippen molar-refractivity contribution in [3.05, 3.63) is 16.9 Å². The summed E-state index contributed by atoms with van der Waals surface area (Å²) in [4.78, 5) is 0. The molecule has 5 heteroatoms.